The summed E-state index contributed by atoms with van der Waals surface area (Å²) in [5, 5.41) is 3.54. The van der Waals surface area contributed by atoms with Crippen LogP contribution in [0.5, 0.6) is 11.5 Å². The Morgan fingerprint density at radius 2 is 2.07 bits per heavy atom. The topological polar surface area (TPSA) is 84.5 Å². The zero-order valence-corrected chi connectivity index (χ0v) is 16.9. The van der Waals surface area contributed by atoms with Crippen molar-refractivity contribution in [2.24, 2.45) is 0 Å². The predicted molar refractivity (Wildman–Crippen MR) is 107 cm³/mol. The van der Waals surface area contributed by atoms with E-state index in [4.69, 9.17) is 9.47 Å². The van der Waals surface area contributed by atoms with Gasteiger partial charge < -0.3 is 14.8 Å². The molecule has 0 bridgehead atoms. The van der Waals surface area contributed by atoms with Gasteiger partial charge in [-0.15, -0.1) is 11.3 Å². The molecular weight excluding hydrogens is 364 g/mol. The minimum Gasteiger partial charge on any atom is -0.493 e. The number of hydrogen-bond donors (Lipinski definition) is 3. The van der Waals surface area contributed by atoms with Crippen LogP contribution in [0.1, 0.15) is 31.1 Å². The number of ether oxygens (including phenoxy) is 2. The van der Waals surface area contributed by atoms with E-state index >= 15 is 0 Å². The van der Waals surface area contributed by atoms with Gasteiger partial charge in [-0.3, -0.25) is 10.2 Å². The summed E-state index contributed by atoms with van der Waals surface area (Å²) in [6.45, 7) is 4.13. The van der Waals surface area contributed by atoms with Crippen LogP contribution in [0.2, 0.25) is 0 Å². The second-order valence-electron chi connectivity index (χ2n) is 6.55. The molecular formula is C19H26N4O3S. The van der Waals surface area contributed by atoms with E-state index in [9.17, 15) is 4.79 Å². The maximum Gasteiger partial charge on any atom is 0.244 e. The van der Waals surface area contributed by atoms with Crippen molar-refractivity contribution in [3.63, 3.8) is 0 Å². The summed E-state index contributed by atoms with van der Waals surface area (Å²) in [6.07, 6.45) is 2.93. The van der Waals surface area contributed by atoms with Crippen molar-refractivity contribution < 1.29 is 14.3 Å². The number of rotatable bonds is 7. The Hall–Kier alpha value is -2.16. The fourth-order valence-corrected chi connectivity index (χ4v) is 4.06. The molecule has 2 atom stereocenters. The molecule has 1 aliphatic rings. The van der Waals surface area contributed by atoms with E-state index in [1.807, 2.05) is 25.1 Å². The third kappa shape index (κ3) is 4.40. The first-order chi connectivity index (χ1) is 13.0. The Balaban J connectivity index is 1.72. The Bertz CT molecular complexity index is 808. The molecule has 0 radical (unpaired) electrons. The number of benzene rings is 1. The highest BCUT2D eigenvalue weighted by molar-refractivity contribution is 7.16. The molecule has 3 rings (SSSR count). The van der Waals surface area contributed by atoms with E-state index in [0.717, 1.165) is 35.4 Å². The van der Waals surface area contributed by atoms with Gasteiger partial charge >= 0.3 is 0 Å². The first-order valence-corrected chi connectivity index (χ1v) is 9.89. The summed E-state index contributed by atoms with van der Waals surface area (Å²) in [6, 6.07) is 5.78. The van der Waals surface area contributed by atoms with Crippen LogP contribution < -0.4 is 25.6 Å². The van der Waals surface area contributed by atoms with Crippen molar-refractivity contribution in [3.8, 4) is 22.8 Å². The number of hydrazine groups is 1. The lowest BCUT2D eigenvalue weighted by molar-refractivity contribution is -0.117. The molecule has 0 spiro atoms. The number of carbonyl (C=O) groups is 1. The first kappa shape index (κ1) is 19.6. The van der Waals surface area contributed by atoms with Crippen LogP contribution in [0.25, 0.3) is 11.3 Å². The molecule has 2 unspecified atom stereocenters. The van der Waals surface area contributed by atoms with Crippen LogP contribution in [0.3, 0.4) is 0 Å². The Morgan fingerprint density at radius 1 is 1.30 bits per heavy atom. The number of carbonyl (C=O) groups excluding carboxylic acids is 1. The average Bonchev–Trinajstić information content (AvgIpc) is 3.28. The third-order valence-electron chi connectivity index (χ3n) is 4.62. The van der Waals surface area contributed by atoms with Gasteiger partial charge in [-0.25, -0.2) is 10.4 Å². The molecule has 146 valence electrons. The molecule has 7 nitrogen and oxygen atoms in total. The molecule has 2 aromatic rings. The molecule has 1 saturated heterocycles. The van der Waals surface area contributed by atoms with Gasteiger partial charge in [0, 0.05) is 16.5 Å². The summed E-state index contributed by atoms with van der Waals surface area (Å²) in [5.74, 6) is 1.26. The molecule has 8 heteroatoms. The largest absolute Gasteiger partial charge is 0.493 e. The van der Waals surface area contributed by atoms with E-state index in [1.54, 1.807) is 14.2 Å². The van der Waals surface area contributed by atoms with Crippen molar-refractivity contribution in [1.29, 1.82) is 0 Å². The first-order valence-electron chi connectivity index (χ1n) is 9.07. The van der Waals surface area contributed by atoms with Gasteiger partial charge in [0.05, 0.1) is 19.9 Å². The van der Waals surface area contributed by atoms with Gasteiger partial charge in [0.25, 0.3) is 0 Å². The Morgan fingerprint density at radius 3 is 2.78 bits per heavy atom. The molecule has 1 amide bonds. The monoisotopic (exact) mass is 390 g/mol. The van der Waals surface area contributed by atoms with Gasteiger partial charge in [-0.1, -0.05) is 13.3 Å². The summed E-state index contributed by atoms with van der Waals surface area (Å²) in [7, 11) is 3.21. The van der Waals surface area contributed by atoms with Crippen LogP contribution in [-0.4, -0.2) is 37.2 Å². The van der Waals surface area contributed by atoms with E-state index in [0.29, 0.717) is 22.7 Å². The number of nitrogens with one attached hydrogen (secondary N) is 3. The lowest BCUT2D eigenvalue weighted by Crippen LogP contribution is -2.40. The number of aryl methyl sites for hydroxylation is 1. The number of amides is 1. The van der Waals surface area contributed by atoms with Crippen LogP contribution >= 0.6 is 11.3 Å². The Labute approximate surface area is 163 Å². The molecule has 2 heterocycles. The minimum atomic E-state index is -0.240. The zero-order valence-electron chi connectivity index (χ0n) is 16.1. The molecule has 1 aromatic carbocycles. The second-order valence-corrected chi connectivity index (χ2v) is 7.75. The molecule has 27 heavy (non-hydrogen) atoms. The van der Waals surface area contributed by atoms with E-state index < -0.39 is 0 Å². The maximum atomic E-state index is 12.5. The highest BCUT2D eigenvalue weighted by atomic mass is 32.1. The van der Waals surface area contributed by atoms with Gasteiger partial charge in [-0.2, -0.15) is 0 Å². The molecule has 1 aromatic heterocycles. The lowest BCUT2D eigenvalue weighted by Gasteiger charge is -2.09. The SMILES string of the molecule is CCCC1CC(C(=O)Nc2nc(-c3ccc(OC)c(OC)c3)c(C)s2)NN1. The number of hydrogen-bond acceptors (Lipinski definition) is 7. The van der Waals surface area contributed by atoms with Crippen LogP contribution in [-0.2, 0) is 4.79 Å². The molecule has 0 aliphatic carbocycles. The fraction of sp³-hybridized carbons (Fsp3) is 0.474. The number of aromatic nitrogens is 1. The van der Waals surface area contributed by atoms with Crippen molar-refractivity contribution >= 4 is 22.4 Å². The van der Waals surface area contributed by atoms with E-state index in [1.165, 1.54) is 11.3 Å². The highest BCUT2D eigenvalue weighted by Crippen LogP contribution is 2.36. The summed E-state index contributed by atoms with van der Waals surface area (Å²) >= 11 is 1.47. The number of nitrogens with zero attached hydrogens (tertiary/aromatic N) is 1. The van der Waals surface area contributed by atoms with Gasteiger partial charge in [0.2, 0.25) is 5.91 Å². The van der Waals surface area contributed by atoms with Crippen molar-refractivity contribution in [1.82, 2.24) is 15.8 Å². The normalized spacial score (nSPS) is 19.1. The van der Waals surface area contributed by atoms with Gasteiger partial charge in [-0.05, 0) is 38.0 Å². The zero-order chi connectivity index (χ0) is 19.4. The molecule has 1 fully saturated rings. The van der Waals surface area contributed by atoms with Crippen molar-refractivity contribution in [2.45, 2.75) is 45.2 Å². The highest BCUT2D eigenvalue weighted by Gasteiger charge is 2.29. The predicted octanol–water partition coefficient (Wildman–Crippen LogP) is 3.11. The smallest absolute Gasteiger partial charge is 0.244 e. The molecule has 3 N–H and O–H groups in total. The van der Waals surface area contributed by atoms with E-state index in [2.05, 4.69) is 28.1 Å². The molecule has 0 saturated carbocycles. The van der Waals surface area contributed by atoms with Gasteiger partial charge in [0.1, 0.15) is 6.04 Å². The standard InChI is InChI=1S/C19H26N4O3S/c1-5-6-13-10-14(23-22-13)18(24)21-19-20-17(11(2)27-19)12-7-8-15(25-3)16(9-12)26-4/h7-9,13-14,22-23H,5-6,10H2,1-4H3,(H,20,21,24). The summed E-state index contributed by atoms with van der Waals surface area (Å²) < 4.78 is 10.7. The van der Waals surface area contributed by atoms with Crippen LogP contribution in [0.4, 0.5) is 5.13 Å². The number of anilines is 1. The third-order valence-corrected chi connectivity index (χ3v) is 5.51. The number of methoxy groups -OCH3 is 2. The number of thiazole rings is 1. The second kappa shape index (κ2) is 8.69. The van der Waals surface area contributed by atoms with Crippen molar-refractivity contribution in [2.75, 3.05) is 19.5 Å². The van der Waals surface area contributed by atoms with Crippen LogP contribution in [0, 0.1) is 6.92 Å². The quantitative estimate of drug-likeness (QED) is 0.674. The summed E-state index contributed by atoms with van der Waals surface area (Å²) in [4.78, 5) is 18.2. The molecule has 1 aliphatic heterocycles. The maximum absolute atomic E-state index is 12.5. The minimum absolute atomic E-state index is 0.0614. The summed E-state index contributed by atoms with van der Waals surface area (Å²) in [5.41, 5.74) is 8.02. The van der Waals surface area contributed by atoms with Gasteiger partial charge in [0.15, 0.2) is 16.6 Å². The Kier molecular flexibility index (Phi) is 6.30. The van der Waals surface area contributed by atoms with E-state index in [-0.39, 0.29) is 11.9 Å². The van der Waals surface area contributed by atoms with Crippen LogP contribution in [0.15, 0.2) is 18.2 Å². The lowest BCUT2D eigenvalue weighted by atomic mass is 10.1. The van der Waals surface area contributed by atoms with Crippen molar-refractivity contribution in [3.05, 3.63) is 23.1 Å². The fourth-order valence-electron chi connectivity index (χ4n) is 3.23. The average molecular weight is 391 g/mol.